The summed E-state index contributed by atoms with van der Waals surface area (Å²) in [5.74, 6) is 0.662. The van der Waals surface area contributed by atoms with E-state index in [0.717, 1.165) is 10.0 Å². The minimum atomic E-state index is -3.65. The molecule has 0 aliphatic heterocycles. The number of hydrogen-bond acceptors (Lipinski definition) is 5. The van der Waals surface area contributed by atoms with Crippen molar-refractivity contribution in [3.63, 3.8) is 0 Å². The Labute approximate surface area is 125 Å². The van der Waals surface area contributed by atoms with E-state index in [1.54, 1.807) is 24.4 Å². The molecule has 0 aliphatic carbocycles. The van der Waals surface area contributed by atoms with Gasteiger partial charge < -0.3 is 11.1 Å². The number of sulfonamides is 1. The molecule has 0 amide bonds. The van der Waals surface area contributed by atoms with Crippen LogP contribution in [0.3, 0.4) is 0 Å². The maximum Gasteiger partial charge on any atom is 0.238 e. The Balaban J connectivity index is 2.08. The number of rotatable bonds is 4. The van der Waals surface area contributed by atoms with Crippen LogP contribution in [0.2, 0.25) is 0 Å². The van der Waals surface area contributed by atoms with Crippen molar-refractivity contribution < 1.29 is 8.42 Å². The molecule has 1 aromatic heterocycles. The van der Waals surface area contributed by atoms with Crippen molar-refractivity contribution in [2.45, 2.75) is 11.4 Å². The number of aromatic nitrogens is 1. The minimum Gasteiger partial charge on any atom is -0.397 e. The first-order valence-corrected chi connectivity index (χ1v) is 7.97. The molecule has 0 saturated carbocycles. The van der Waals surface area contributed by atoms with Crippen LogP contribution in [-0.2, 0) is 16.6 Å². The summed E-state index contributed by atoms with van der Waals surface area (Å²) in [6.07, 6.45) is 1.55. The average molecular weight is 357 g/mol. The average Bonchev–Trinajstić information content (AvgIpc) is 2.37. The van der Waals surface area contributed by atoms with Crippen LogP contribution >= 0.6 is 15.9 Å². The fraction of sp³-hybridized carbons (Fsp3) is 0.0833. The number of nitrogens with two attached hydrogens (primary N) is 2. The van der Waals surface area contributed by atoms with E-state index in [4.69, 9.17) is 10.9 Å². The summed E-state index contributed by atoms with van der Waals surface area (Å²) >= 11 is 3.36. The molecular formula is C12H13BrN4O2S. The third-order valence-corrected chi connectivity index (χ3v) is 4.11. The van der Waals surface area contributed by atoms with Crippen molar-refractivity contribution in [2.75, 3.05) is 11.1 Å². The molecule has 0 aliphatic rings. The van der Waals surface area contributed by atoms with Gasteiger partial charge in [0.2, 0.25) is 10.0 Å². The number of benzene rings is 1. The van der Waals surface area contributed by atoms with Gasteiger partial charge in [0.1, 0.15) is 5.82 Å². The molecule has 0 radical (unpaired) electrons. The van der Waals surface area contributed by atoms with Gasteiger partial charge in [-0.15, -0.1) is 0 Å². The number of primary sulfonamides is 1. The van der Waals surface area contributed by atoms with Crippen molar-refractivity contribution in [3.8, 4) is 0 Å². The second-order valence-electron chi connectivity index (χ2n) is 4.14. The smallest absolute Gasteiger partial charge is 0.238 e. The summed E-state index contributed by atoms with van der Waals surface area (Å²) in [4.78, 5) is 4.24. The second-order valence-corrected chi connectivity index (χ2v) is 6.56. The molecule has 0 atom stereocenters. The number of nitrogens with one attached hydrogen (secondary N) is 1. The van der Waals surface area contributed by atoms with E-state index in [1.807, 2.05) is 0 Å². The molecule has 0 spiro atoms. The molecule has 106 valence electrons. The van der Waals surface area contributed by atoms with E-state index in [9.17, 15) is 8.42 Å². The van der Waals surface area contributed by atoms with Crippen LogP contribution in [0.1, 0.15) is 5.56 Å². The number of hydrogen-bond donors (Lipinski definition) is 3. The molecule has 0 saturated heterocycles. The summed E-state index contributed by atoms with van der Waals surface area (Å²) in [6, 6.07) is 8.07. The van der Waals surface area contributed by atoms with Crippen LogP contribution in [0.5, 0.6) is 0 Å². The molecule has 8 heteroatoms. The van der Waals surface area contributed by atoms with E-state index in [-0.39, 0.29) is 4.90 Å². The Morgan fingerprint density at radius 1 is 1.25 bits per heavy atom. The zero-order valence-electron chi connectivity index (χ0n) is 10.4. The van der Waals surface area contributed by atoms with Crippen molar-refractivity contribution in [3.05, 3.63) is 46.6 Å². The van der Waals surface area contributed by atoms with Gasteiger partial charge in [-0.1, -0.05) is 12.1 Å². The monoisotopic (exact) mass is 356 g/mol. The molecular weight excluding hydrogens is 344 g/mol. The Hall–Kier alpha value is -1.64. The molecule has 2 rings (SSSR count). The largest absolute Gasteiger partial charge is 0.397 e. The molecule has 2 aromatic rings. The Kier molecular flexibility index (Phi) is 4.26. The van der Waals surface area contributed by atoms with Crippen molar-refractivity contribution in [2.24, 2.45) is 5.14 Å². The fourth-order valence-electron chi connectivity index (χ4n) is 1.57. The zero-order chi connectivity index (χ0) is 14.8. The van der Waals surface area contributed by atoms with Crippen LogP contribution < -0.4 is 16.2 Å². The second kappa shape index (κ2) is 5.78. The third-order valence-electron chi connectivity index (χ3n) is 2.57. The Morgan fingerprint density at radius 3 is 2.45 bits per heavy atom. The topological polar surface area (TPSA) is 111 Å². The molecule has 6 nitrogen and oxygen atoms in total. The number of nitrogens with zero attached hydrogens (tertiary/aromatic N) is 1. The van der Waals surface area contributed by atoms with E-state index in [1.165, 1.54) is 12.1 Å². The maximum absolute atomic E-state index is 11.1. The van der Waals surface area contributed by atoms with Crippen LogP contribution in [0.25, 0.3) is 0 Å². The first-order valence-electron chi connectivity index (χ1n) is 5.63. The third kappa shape index (κ3) is 3.69. The van der Waals surface area contributed by atoms with Gasteiger partial charge in [-0.3, -0.25) is 0 Å². The fourth-order valence-corrected chi connectivity index (χ4v) is 2.59. The number of anilines is 2. The Morgan fingerprint density at radius 2 is 1.90 bits per heavy atom. The summed E-state index contributed by atoms with van der Waals surface area (Å²) < 4.78 is 23.0. The van der Waals surface area contributed by atoms with E-state index < -0.39 is 10.0 Å². The molecule has 1 heterocycles. The Bertz CT molecular complexity index is 717. The SMILES string of the molecule is Nc1cnc(NCc2ccc(S(N)(=O)=O)cc2)c(Br)c1. The van der Waals surface area contributed by atoms with Crippen molar-refractivity contribution in [1.82, 2.24) is 4.98 Å². The van der Waals surface area contributed by atoms with Crippen LogP contribution in [0.15, 0.2) is 45.9 Å². The predicted octanol–water partition coefficient (Wildman–Crippen LogP) is 1.69. The van der Waals surface area contributed by atoms with Crippen molar-refractivity contribution >= 4 is 37.5 Å². The van der Waals surface area contributed by atoms with Crippen LogP contribution in [0, 0.1) is 0 Å². The van der Waals surface area contributed by atoms with E-state index in [0.29, 0.717) is 18.1 Å². The summed E-state index contributed by atoms with van der Waals surface area (Å²) in [5, 5.41) is 8.15. The van der Waals surface area contributed by atoms with E-state index >= 15 is 0 Å². The predicted molar refractivity (Wildman–Crippen MR) is 81.5 cm³/mol. The molecule has 0 bridgehead atoms. The van der Waals surface area contributed by atoms with Gasteiger partial charge in [-0.05, 0) is 39.7 Å². The van der Waals surface area contributed by atoms with E-state index in [2.05, 4.69) is 26.2 Å². The maximum atomic E-state index is 11.1. The summed E-state index contributed by atoms with van der Waals surface area (Å²) in [6.45, 7) is 0.500. The van der Waals surface area contributed by atoms with Gasteiger partial charge in [0.15, 0.2) is 0 Å². The first kappa shape index (κ1) is 14.8. The van der Waals surface area contributed by atoms with Gasteiger partial charge in [0.25, 0.3) is 0 Å². The highest BCUT2D eigenvalue weighted by atomic mass is 79.9. The molecule has 0 fully saturated rings. The number of halogens is 1. The summed E-state index contributed by atoms with van der Waals surface area (Å²) in [5.41, 5.74) is 7.08. The first-order chi connectivity index (χ1) is 9.36. The van der Waals surface area contributed by atoms with Gasteiger partial charge in [0, 0.05) is 6.54 Å². The number of nitrogen functional groups attached to an aromatic ring is 1. The standard InChI is InChI=1S/C12H13BrN4O2S/c13-11-5-9(14)7-17-12(11)16-6-8-1-3-10(4-2-8)20(15,18)19/h1-5,7H,6,14H2,(H,16,17)(H2,15,18,19). The lowest BCUT2D eigenvalue weighted by Gasteiger charge is -2.08. The van der Waals surface area contributed by atoms with Crippen LogP contribution in [-0.4, -0.2) is 13.4 Å². The lowest BCUT2D eigenvalue weighted by Crippen LogP contribution is -2.12. The summed E-state index contributed by atoms with van der Waals surface area (Å²) in [7, 11) is -3.65. The molecule has 1 aromatic carbocycles. The van der Waals surface area contributed by atoms with Crippen LogP contribution in [0.4, 0.5) is 11.5 Å². The molecule has 0 unspecified atom stereocenters. The highest BCUT2D eigenvalue weighted by molar-refractivity contribution is 9.10. The van der Waals surface area contributed by atoms with Gasteiger partial charge >= 0.3 is 0 Å². The van der Waals surface area contributed by atoms with Gasteiger partial charge in [-0.2, -0.15) is 0 Å². The number of pyridine rings is 1. The molecule has 20 heavy (non-hydrogen) atoms. The highest BCUT2D eigenvalue weighted by Gasteiger charge is 2.07. The van der Waals surface area contributed by atoms with Gasteiger partial charge in [0.05, 0.1) is 21.3 Å². The van der Waals surface area contributed by atoms with Crippen molar-refractivity contribution in [1.29, 1.82) is 0 Å². The normalized spacial score (nSPS) is 11.3. The quantitative estimate of drug-likeness (QED) is 0.771. The van der Waals surface area contributed by atoms with Gasteiger partial charge in [-0.25, -0.2) is 18.5 Å². The highest BCUT2D eigenvalue weighted by Crippen LogP contribution is 2.22. The lowest BCUT2D eigenvalue weighted by molar-refractivity contribution is 0.598. The zero-order valence-corrected chi connectivity index (χ0v) is 12.8. The minimum absolute atomic E-state index is 0.0908. The molecule has 5 N–H and O–H groups in total. The lowest BCUT2D eigenvalue weighted by atomic mass is 10.2.